The summed E-state index contributed by atoms with van der Waals surface area (Å²) in [5.74, 6) is 0.602. The molecule has 1 heterocycles. The van der Waals surface area contributed by atoms with Gasteiger partial charge in [-0.3, -0.25) is 0 Å². The molecule has 0 amide bonds. The van der Waals surface area contributed by atoms with Gasteiger partial charge in [0.2, 0.25) is 0 Å². The molecule has 0 radical (unpaired) electrons. The maximum Gasteiger partial charge on any atom is 0.0854 e. The Balaban J connectivity index is 2.25. The summed E-state index contributed by atoms with van der Waals surface area (Å²) in [6, 6.07) is 10.7. The van der Waals surface area contributed by atoms with Gasteiger partial charge in [0.15, 0.2) is 0 Å². The lowest BCUT2D eigenvalue weighted by Crippen LogP contribution is -1.95. The smallest absolute Gasteiger partial charge is 0.0854 e. The van der Waals surface area contributed by atoms with E-state index in [0.717, 1.165) is 25.1 Å². The molecular formula is C15H15Br2ClS. The van der Waals surface area contributed by atoms with E-state index in [2.05, 4.69) is 76.0 Å². The van der Waals surface area contributed by atoms with Gasteiger partial charge in [-0.1, -0.05) is 38.1 Å². The van der Waals surface area contributed by atoms with Crippen LogP contribution in [0, 0.1) is 0 Å². The lowest BCUT2D eigenvalue weighted by molar-refractivity contribution is 0.733. The number of thiophene rings is 1. The van der Waals surface area contributed by atoms with Gasteiger partial charge >= 0.3 is 0 Å². The summed E-state index contributed by atoms with van der Waals surface area (Å²) in [6.07, 6.45) is 1.16. The van der Waals surface area contributed by atoms with Crippen molar-refractivity contribution < 1.29 is 0 Å². The molecule has 0 aliphatic heterocycles. The Labute approximate surface area is 140 Å². The van der Waals surface area contributed by atoms with E-state index in [1.165, 1.54) is 5.56 Å². The summed E-state index contributed by atoms with van der Waals surface area (Å²) in [4.78, 5) is 0. The molecule has 0 saturated heterocycles. The highest BCUT2D eigenvalue weighted by Crippen LogP contribution is 2.41. The minimum absolute atomic E-state index is 0.108. The molecule has 2 unspecified atom stereocenters. The molecule has 102 valence electrons. The molecule has 0 N–H and O–H groups in total. The summed E-state index contributed by atoms with van der Waals surface area (Å²) in [6.45, 7) is 4.46. The Morgan fingerprint density at radius 3 is 2.21 bits per heavy atom. The highest BCUT2D eigenvalue weighted by atomic mass is 79.9. The number of hydrogen-bond acceptors (Lipinski definition) is 1. The average molecular weight is 423 g/mol. The van der Waals surface area contributed by atoms with Crippen molar-refractivity contribution >= 4 is 54.8 Å². The van der Waals surface area contributed by atoms with Crippen LogP contribution in [-0.2, 0) is 0 Å². The largest absolute Gasteiger partial charge is 0.121 e. The zero-order valence-electron chi connectivity index (χ0n) is 10.8. The van der Waals surface area contributed by atoms with Gasteiger partial charge in [-0.2, -0.15) is 0 Å². The number of halogens is 3. The van der Waals surface area contributed by atoms with Crippen LogP contribution in [0.15, 0.2) is 37.9 Å². The molecule has 4 heteroatoms. The Morgan fingerprint density at radius 2 is 1.74 bits per heavy atom. The normalized spacial score (nSPS) is 14.4. The van der Waals surface area contributed by atoms with Gasteiger partial charge in [0.1, 0.15) is 0 Å². The Bertz CT molecular complexity index is 548. The van der Waals surface area contributed by atoms with E-state index in [-0.39, 0.29) is 5.38 Å². The SMILES string of the molecule is CCC(C)c1ccc(C(Cl)c2cc(Br)sc2Br)cc1. The Hall–Kier alpha value is 0.170. The molecule has 0 nitrogen and oxygen atoms in total. The van der Waals surface area contributed by atoms with Crippen molar-refractivity contribution in [3.8, 4) is 0 Å². The molecular weight excluding hydrogens is 407 g/mol. The van der Waals surface area contributed by atoms with Crippen LogP contribution in [0.3, 0.4) is 0 Å². The van der Waals surface area contributed by atoms with Gasteiger partial charge in [0.25, 0.3) is 0 Å². The van der Waals surface area contributed by atoms with Crippen LogP contribution < -0.4 is 0 Å². The molecule has 2 rings (SSSR count). The molecule has 0 spiro atoms. The highest BCUT2D eigenvalue weighted by Gasteiger charge is 2.17. The van der Waals surface area contributed by atoms with E-state index in [1.807, 2.05) is 0 Å². The predicted octanol–water partition coefficient (Wildman–Crippen LogP) is 7.11. The first kappa shape index (κ1) is 15.6. The summed E-state index contributed by atoms with van der Waals surface area (Å²) in [5, 5.41) is -0.108. The first-order valence-electron chi connectivity index (χ1n) is 6.21. The van der Waals surface area contributed by atoms with Crippen LogP contribution >= 0.6 is 54.8 Å². The first-order valence-corrected chi connectivity index (χ1v) is 9.05. The van der Waals surface area contributed by atoms with Crippen molar-refractivity contribution in [1.29, 1.82) is 0 Å². The highest BCUT2D eigenvalue weighted by molar-refractivity contribution is 9.12. The third-order valence-electron chi connectivity index (χ3n) is 3.37. The van der Waals surface area contributed by atoms with Gasteiger partial charge in [0, 0.05) is 5.56 Å². The maximum absolute atomic E-state index is 6.57. The van der Waals surface area contributed by atoms with Crippen molar-refractivity contribution in [2.75, 3.05) is 0 Å². The predicted molar refractivity (Wildman–Crippen MR) is 92.6 cm³/mol. The van der Waals surface area contributed by atoms with Crippen molar-refractivity contribution in [1.82, 2.24) is 0 Å². The lowest BCUT2D eigenvalue weighted by Gasteiger charge is -2.13. The Kier molecular flexibility index (Phi) is 5.53. The van der Waals surface area contributed by atoms with E-state index < -0.39 is 0 Å². The van der Waals surface area contributed by atoms with Gasteiger partial charge in [-0.15, -0.1) is 22.9 Å². The van der Waals surface area contributed by atoms with Gasteiger partial charge in [0.05, 0.1) is 12.9 Å². The Morgan fingerprint density at radius 1 is 1.16 bits per heavy atom. The van der Waals surface area contributed by atoms with Crippen LogP contribution in [0.2, 0.25) is 0 Å². The summed E-state index contributed by atoms with van der Waals surface area (Å²) < 4.78 is 2.18. The van der Waals surface area contributed by atoms with E-state index in [1.54, 1.807) is 11.3 Å². The number of benzene rings is 1. The lowest BCUT2D eigenvalue weighted by atomic mass is 9.96. The van der Waals surface area contributed by atoms with Crippen molar-refractivity contribution in [2.45, 2.75) is 31.6 Å². The molecule has 0 bridgehead atoms. The molecule has 0 aliphatic rings. The van der Waals surface area contributed by atoms with Crippen molar-refractivity contribution in [3.63, 3.8) is 0 Å². The number of alkyl halides is 1. The first-order chi connectivity index (χ1) is 9.02. The molecule has 2 aromatic rings. The van der Waals surface area contributed by atoms with E-state index in [9.17, 15) is 0 Å². The van der Waals surface area contributed by atoms with Gasteiger partial charge in [-0.25, -0.2) is 0 Å². The van der Waals surface area contributed by atoms with E-state index >= 15 is 0 Å². The molecule has 1 aromatic heterocycles. The molecule has 0 fully saturated rings. The zero-order chi connectivity index (χ0) is 14.0. The molecule has 1 aromatic carbocycles. The molecule has 19 heavy (non-hydrogen) atoms. The average Bonchev–Trinajstić information content (AvgIpc) is 2.76. The fraction of sp³-hybridized carbons (Fsp3) is 0.333. The fourth-order valence-corrected chi connectivity index (χ4v) is 5.35. The number of rotatable bonds is 4. The van der Waals surface area contributed by atoms with E-state index in [0.29, 0.717) is 5.92 Å². The fourth-order valence-electron chi connectivity index (χ4n) is 1.93. The van der Waals surface area contributed by atoms with Crippen LogP contribution in [0.1, 0.15) is 48.3 Å². The molecule has 0 saturated carbocycles. The quantitative estimate of drug-likeness (QED) is 0.460. The van der Waals surface area contributed by atoms with Crippen molar-refractivity contribution in [3.05, 3.63) is 54.6 Å². The summed E-state index contributed by atoms with van der Waals surface area (Å²) in [7, 11) is 0. The van der Waals surface area contributed by atoms with Crippen LogP contribution in [0.5, 0.6) is 0 Å². The zero-order valence-corrected chi connectivity index (χ0v) is 15.5. The van der Waals surface area contributed by atoms with Crippen LogP contribution in [0.4, 0.5) is 0 Å². The third kappa shape index (κ3) is 3.63. The maximum atomic E-state index is 6.57. The van der Waals surface area contributed by atoms with Crippen LogP contribution in [0.25, 0.3) is 0 Å². The second kappa shape index (κ2) is 6.75. The van der Waals surface area contributed by atoms with Gasteiger partial charge < -0.3 is 0 Å². The summed E-state index contributed by atoms with van der Waals surface area (Å²) in [5.41, 5.74) is 3.63. The van der Waals surface area contributed by atoms with Crippen molar-refractivity contribution in [2.24, 2.45) is 0 Å². The summed E-state index contributed by atoms with van der Waals surface area (Å²) >= 11 is 15.3. The topological polar surface area (TPSA) is 0 Å². The second-order valence-corrected chi connectivity index (χ2v) is 8.80. The monoisotopic (exact) mass is 420 g/mol. The second-order valence-electron chi connectivity index (χ2n) is 4.62. The standard InChI is InChI=1S/C15H15Br2ClS/c1-3-9(2)10-4-6-11(7-5-10)14(18)12-8-13(16)19-15(12)17/h4-9,14H,3H2,1-2H3. The number of hydrogen-bond donors (Lipinski definition) is 0. The minimum Gasteiger partial charge on any atom is -0.121 e. The minimum atomic E-state index is -0.108. The van der Waals surface area contributed by atoms with Gasteiger partial charge in [-0.05, 0) is 61.4 Å². The molecule has 0 aliphatic carbocycles. The van der Waals surface area contributed by atoms with Crippen LogP contribution in [-0.4, -0.2) is 0 Å². The van der Waals surface area contributed by atoms with E-state index in [4.69, 9.17) is 11.6 Å². The molecule has 2 atom stereocenters. The third-order valence-corrected chi connectivity index (χ3v) is 6.24.